The second-order valence-corrected chi connectivity index (χ2v) is 2.09. The third kappa shape index (κ3) is 3.78. The lowest BCUT2D eigenvalue weighted by Gasteiger charge is -1.91. The molecule has 0 heterocycles. The molecule has 0 saturated carbocycles. The van der Waals surface area contributed by atoms with Gasteiger partial charge in [-0.25, -0.2) is 0 Å². The van der Waals surface area contributed by atoms with Crippen molar-refractivity contribution in [3.8, 4) is 0 Å². The predicted octanol–water partition coefficient (Wildman–Crippen LogP) is 2.47. The van der Waals surface area contributed by atoms with Gasteiger partial charge in [0.1, 0.15) is 5.76 Å². The fraction of sp³-hybridized carbons (Fsp3) is 0.250. The van der Waals surface area contributed by atoms with Crippen molar-refractivity contribution in [2.75, 3.05) is 0 Å². The third-order valence-electron chi connectivity index (χ3n) is 0.964. The number of hydrogen-bond donors (Lipinski definition) is 2. The van der Waals surface area contributed by atoms with Crippen molar-refractivity contribution in [2.24, 2.45) is 0 Å². The van der Waals surface area contributed by atoms with Crippen LogP contribution < -0.4 is 0 Å². The van der Waals surface area contributed by atoms with Crippen LogP contribution in [0.2, 0.25) is 0 Å². The summed E-state index contributed by atoms with van der Waals surface area (Å²) in [6.07, 6.45) is 5.42. The average molecular weight is 140 g/mol. The van der Waals surface area contributed by atoms with Crippen molar-refractivity contribution in [1.82, 2.24) is 0 Å². The second kappa shape index (κ2) is 4.68. The largest absolute Gasteiger partial charge is 0.516 e. The molecule has 56 valence electrons. The van der Waals surface area contributed by atoms with Crippen molar-refractivity contribution in [1.29, 1.82) is 0 Å². The summed E-state index contributed by atoms with van der Waals surface area (Å²) in [4.78, 5) is 0. The third-order valence-corrected chi connectivity index (χ3v) is 0.964. The van der Waals surface area contributed by atoms with Crippen LogP contribution in [0.15, 0.2) is 35.8 Å². The Morgan fingerprint density at radius 3 is 2.20 bits per heavy atom. The lowest BCUT2D eigenvalue weighted by molar-refractivity contribution is 0.425. The van der Waals surface area contributed by atoms with Crippen LogP contribution in [0.1, 0.15) is 13.8 Å². The first kappa shape index (κ1) is 8.82. The Balaban J connectivity index is 4.03. The van der Waals surface area contributed by atoms with Crippen molar-refractivity contribution >= 4 is 0 Å². The number of hydrogen-bond acceptors (Lipinski definition) is 2. The van der Waals surface area contributed by atoms with Crippen LogP contribution in [0.25, 0.3) is 0 Å². The van der Waals surface area contributed by atoms with E-state index < -0.39 is 0 Å². The standard InChI is InChI=1S/C8H12O2/c1-7(2)8(10)5-3-4-6-9/h3-6,9-10H,1-2H3/b5-3-,6-4+. The molecule has 0 bridgehead atoms. The van der Waals surface area contributed by atoms with Gasteiger partial charge >= 0.3 is 0 Å². The monoisotopic (exact) mass is 140 g/mol. The fourth-order valence-electron chi connectivity index (χ4n) is 0.363. The highest BCUT2D eigenvalue weighted by molar-refractivity contribution is 5.18. The summed E-state index contributed by atoms with van der Waals surface area (Å²) in [6.45, 7) is 3.62. The first-order valence-corrected chi connectivity index (χ1v) is 3.02. The molecule has 0 radical (unpaired) electrons. The van der Waals surface area contributed by atoms with Crippen LogP contribution in [0, 0.1) is 0 Å². The number of aliphatic hydroxyl groups is 2. The summed E-state index contributed by atoms with van der Waals surface area (Å²) in [5, 5.41) is 17.2. The van der Waals surface area contributed by atoms with E-state index in [4.69, 9.17) is 10.2 Å². The zero-order chi connectivity index (χ0) is 7.98. The Hall–Kier alpha value is -1.18. The molecular formula is C8H12O2. The van der Waals surface area contributed by atoms with Gasteiger partial charge < -0.3 is 10.2 Å². The van der Waals surface area contributed by atoms with Gasteiger partial charge in [0.25, 0.3) is 0 Å². The number of allylic oxidation sites excluding steroid dienone is 4. The maximum absolute atomic E-state index is 9.03. The van der Waals surface area contributed by atoms with Gasteiger partial charge in [-0.1, -0.05) is 6.08 Å². The van der Waals surface area contributed by atoms with Crippen LogP contribution in [0.3, 0.4) is 0 Å². The van der Waals surface area contributed by atoms with Gasteiger partial charge in [-0.05, 0) is 31.6 Å². The number of rotatable bonds is 2. The molecule has 0 rings (SSSR count). The SMILES string of the molecule is CC(C)=C(O)/C=C\C=C\O. The van der Waals surface area contributed by atoms with E-state index in [1.807, 2.05) is 13.8 Å². The summed E-state index contributed by atoms with van der Waals surface area (Å²) in [7, 11) is 0. The maximum Gasteiger partial charge on any atom is 0.114 e. The van der Waals surface area contributed by atoms with Crippen LogP contribution in [0.4, 0.5) is 0 Å². The van der Waals surface area contributed by atoms with Gasteiger partial charge in [0.15, 0.2) is 0 Å². The van der Waals surface area contributed by atoms with Gasteiger partial charge in [0.05, 0.1) is 6.26 Å². The molecule has 0 aromatic carbocycles. The molecule has 0 aliphatic heterocycles. The maximum atomic E-state index is 9.03. The minimum atomic E-state index is 0.234. The lowest BCUT2D eigenvalue weighted by Crippen LogP contribution is -1.76. The Bertz CT molecular complexity index is 172. The Kier molecular flexibility index (Phi) is 4.12. The molecule has 2 heteroatoms. The number of aliphatic hydroxyl groups excluding tert-OH is 2. The molecule has 0 atom stereocenters. The summed E-state index contributed by atoms with van der Waals surface area (Å²) in [6, 6.07) is 0. The zero-order valence-electron chi connectivity index (χ0n) is 6.20. The first-order valence-electron chi connectivity index (χ1n) is 3.02. The van der Waals surface area contributed by atoms with E-state index in [-0.39, 0.29) is 5.76 Å². The van der Waals surface area contributed by atoms with Gasteiger partial charge in [-0.2, -0.15) is 0 Å². The van der Waals surface area contributed by atoms with Crippen molar-refractivity contribution < 1.29 is 10.2 Å². The molecule has 0 saturated heterocycles. The van der Waals surface area contributed by atoms with Crippen molar-refractivity contribution in [3.05, 3.63) is 35.8 Å². The summed E-state index contributed by atoms with van der Waals surface area (Å²) >= 11 is 0. The molecule has 0 aromatic rings. The van der Waals surface area contributed by atoms with E-state index in [0.717, 1.165) is 11.8 Å². The van der Waals surface area contributed by atoms with Gasteiger partial charge in [-0.3, -0.25) is 0 Å². The highest BCUT2D eigenvalue weighted by atomic mass is 16.3. The lowest BCUT2D eigenvalue weighted by atomic mass is 10.3. The normalized spacial score (nSPS) is 11.0. The van der Waals surface area contributed by atoms with Crippen molar-refractivity contribution in [3.63, 3.8) is 0 Å². The molecule has 10 heavy (non-hydrogen) atoms. The molecule has 0 aromatic heterocycles. The van der Waals surface area contributed by atoms with Crippen LogP contribution >= 0.6 is 0 Å². The van der Waals surface area contributed by atoms with E-state index in [2.05, 4.69) is 0 Å². The zero-order valence-corrected chi connectivity index (χ0v) is 6.20. The molecule has 0 fully saturated rings. The van der Waals surface area contributed by atoms with Gasteiger partial charge in [0, 0.05) is 0 Å². The Morgan fingerprint density at radius 1 is 1.20 bits per heavy atom. The summed E-state index contributed by atoms with van der Waals surface area (Å²) < 4.78 is 0. The quantitative estimate of drug-likeness (QED) is 0.457. The Morgan fingerprint density at radius 2 is 1.80 bits per heavy atom. The summed E-state index contributed by atoms with van der Waals surface area (Å²) in [5.41, 5.74) is 0.850. The second-order valence-electron chi connectivity index (χ2n) is 2.09. The molecule has 0 spiro atoms. The average Bonchev–Trinajstić information content (AvgIpc) is 1.88. The summed E-state index contributed by atoms with van der Waals surface area (Å²) in [5.74, 6) is 0.234. The molecule has 0 aliphatic carbocycles. The molecule has 2 N–H and O–H groups in total. The van der Waals surface area contributed by atoms with Crippen LogP contribution in [-0.2, 0) is 0 Å². The van der Waals surface area contributed by atoms with E-state index in [0.29, 0.717) is 0 Å². The first-order chi connectivity index (χ1) is 4.68. The highest BCUT2D eigenvalue weighted by Crippen LogP contribution is 1.99. The van der Waals surface area contributed by atoms with Gasteiger partial charge in [0.2, 0.25) is 0 Å². The van der Waals surface area contributed by atoms with Gasteiger partial charge in [-0.15, -0.1) is 0 Å². The molecule has 0 amide bonds. The topological polar surface area (TPSA) is 40.5 Å². The minimum Gasteiger partial charge on any atom is -0.516 e. The van der Waals surface area contributed by atoms with E-state index in [9.17, 15) is 0 Å². The highest BCUT2D eigenvalue weighted by Gasteiger charge is 1.85. The minimum absolute atomic E-state index is 0.234. The fourth-order valence-corrected chi connectivity index (χ4v) is 0.363. The van der Waals surface area contributed by atoms with E-state index >= 15 is 0 Å². The van der Waals surface area contributed by atoms with E-state index in [1.165, 1.54) is 12.2 Å². The van der Waals surface area contributed by atoms with Crippen LogP contribution in [0.5, 0.6) is 0 Å². The molecular weight excluding hydrogens is 128 g/mol. The van der Waals surface area contributed by atoms with E-state index in [1.54, 1.807) is 6.08 Å². The van der Waals surface area contributed by atoms with Crippen LogP contribution in [-0.4, -0.2) is 10.2 Å². The molecule has 0 unspecified atom stereocenters. The smallest absolute Gasteiger partial charge is 0.114 e. The Labute approximate surface area is 60.8 Å². The predicted molar refractivity (Wildman–Crippen MR) is 41.9 cm³/mol. The molecule has 0 aliphatic rings. The van der Waals surface area contributed by atoms with Crippen molar-refractivity contribution in [2.45, 2.75) is 13.8 Å². The molecule has 2 nitrogen and oxygen atoms in total.